The molecule has 0 unspecified atom stereocenters. The van der Waals surface area contributed by atoms with Gasteiger partial charge >= 0.3 is 5.97 Å². The van der Waals surface area contributed by atoms with Crippen molar-refractivity contribution in [2.24, 2.45) is 0 Å². The average Bonchev–Trinajstić information content (AvgIpc) is 3.24. The van der Waals surface area contributed by atoms with Crippen molar-refractivity contribution in [2.75, 3.05) is 36.2 Å². The van der Waals surface area contributed by atoms with Gasteiger partial charge in [0.1, 0.15) is 16.8 Å². The fourth-order valence-corrected chi connectivity index (χ4v) is 4.01. The molecular weight excluding hydrogens is 442 g/mol. The number of carboxylic acids is 1. The highest BCUT2D eigenvalue weighted by Gasteiger charge is 2.18. The first kappa shape index (κ1) is 22.5. The van der Waals surface area contributed by atoms with Crippen molar-refractivity contribution in [3.63, 3.8) is 0 Å². The van der Waals surface area contributed by atoms with Crippen molar-refractivity contribution >= 4 is 40.7 Å². The summed E-state index contributed by atoms with van der Waals surface area (Å²) in [5.74, 6) is -0.190. The Morgan fingerprint density at radius 3 is 2.61 bits per heavy atom. The van der Waals surface area contributed by atoms with Gasteiger partial charge in [0.2, 0.25) is 0 Å². The Morgan fingerprint density at radius 1 is 1.15 bits per heavy atom. The lowest BCUT2D eigenvalue weighted by Crippen LogP contribution is -2.18. The van der Waals surface area contributed by atoms with Crippen molar-refractivity contribution < 1.29 is 14.7 Å². The molecule has 0 fully saturated rings. The van der Waals surface area contributed by atoms with Crippen molar-refractivity contribution in [3.05, 3.63) is 75.7 Å². The van der Waals surface area contributed by atoms with Gasteiger partial charge < -0.3 is 20.6 Å². The standard InChI is InChI=1S/C24H24ClN5O3/c1-30(2)23-18(13-21(31)32)22(25)28-20(29-23)11-14-3-7-17(8-4-14)27-24(33)16-6-5-15-9-10-26-19(15)12-16/h3-8,12,26H,9-11,13H2,1-2H3,(H,27,33)(H,31,32). The molecule has 0 spiro atoms. The zero-order valence-corrected chi connectivity index (χ0v) is 19.1. The van der Waals surface area contributed by atoms with Crippen LogP contribution in [0.25, 0.3) is 0 Å². The van der Waals surface area contributed by atoms with Gasteiger partial charge in [-0.15, -0.1) is 0 Å². The van der Waals surface area contributed by atoms with Crippen LogP contribution in [0.3, 0.4) is 0 Å². The summed E-state index contributed by atoms with van der Waals surface area (Å²) in [6.07, 6.45) is 1.14. The van der Waals surface area contributed by atoms with E-state index in [2.05, 4.69) is 20.6 Å². The number of hydrogen-bond donors (Lipinski definition) is 3. The average molecular weight is 466 g/mol. The number of nitrogens with zero attached hydrogens (tertiary/aromatic N) is 3. The van der Waals surface area contributed by atoms with Crippen LogP contribution in [0.5, 0.6) is 0 Å². The largest absolute Gasteiger partial charge is 0.481 e. The van der Waals surface area contributed by atoms with Gasteiger partial charge in [-0.3, -0.25) is 9.59 Å². The van der Waals surface area contributed by atoms with E-state index in [9.17, 15) is 9.59 Å². The van der Waals surface area contributed by atoms with Gasteiger partial charge in [-0.1, -0.05) is 29.8 Å². The highest BCUT2D eigenvalue weighted by Crippen LogP contribution is 2.26. The van der Waals surface area contributed by atoms with Gasteiger partial charge in [-0.25, -0.2) is 9.97 Å². The van der Waals surface area contributed by atoms with Crippen LogP contribution in [-0.2, 0) is 24.1 Å². The molecule has 1 aliphatic rings. The van der Waals surface area contributed by atoms with Gasteiger partial charge in [0.25, 0.3) is 5.91 Å². The van der Waals surface area contributed by atoms with E-state index in [1.165, 1.54) is 5.56 Å². The summed E-state index contributed by atoms with van der Waals surface area (Å²) < 4.78 is 0. The fourth-order valence-electron chi connectivity index (χ4n) is 3.76. The third kappa shape index (κ3) is 5.23. The molecule has 9 heteroatoms. The zero-order chi connectivity index (χ0) is 23.5. The monoisotopic (exact) mass is 465 g/mol. The number of aromatic nitrogens is 2. The lowest BCUT2D eigenvalue weighted by molar-refractivity contribution is -0.136. The Labute approximate surface area is 196 Å². The third-order valence-corrected chi connectivity index (χ3v) is 5.70. The summed E-state index contributed by atoms with van der Waals surface area (Å²) in [5.41, 5.74) is 4.85. The quantitative estimate of drug-likeness (QED) is 0.457. The molecule has 2 heterocycles. The molecule has 1 aliphatic heterocycles. The number of nitrogens with one attached hydrogen (secondary N) is 2. The molecule has 4 rings (SSSR count). The van der Waals surface area contributed by atoms with E-state index in [1.54, 1.807) is 19.0 Å². The molecule has 0 saturated heterocycles. The Morgan fingerprint density at radius 2 is 1.91 bits per heavy atom. The summed E-state index contributed by atoms with van der Waals surface area (Å²) in [4.78, 5) is 34.3. The number of carbonyl (C=O) groups excluding carboxylic acids is 1. The number of amides is 1. The van der Waals surface area contributed by atoms with Crippen LogP contribution in [0.15, 0.2) is 42.5 Å². The number of fused-ring (bicyclic) bond motifs is 1. The van der Waals surface area contributed by atoms with Gasteiger partial charge in [0.15, 0.2) is 0 Å². The molecule has 0 atom stereocenters. The molecule has 3 N–H and O–H groups in total. The second kappa shape index (κ2) is 9.46. The highest BCUT2D eigenvalue weighted by atomic mass is 35.5. The van der Waals surface area contributed by atoms with E-state index < -0.39 is 5.97 Å². The molecule has 3 aromatic rings. The van der Waals surface area contributed by atoms with E-state index in [0.29, 0.717) is 34.9 Å². The summed E-state index contributed by atoms with van der Waals surface area (Å²) in [5, 5.41) is 15.5. The van der Waals surface area contributed by atoms with Crippen LogP contribution in [-0.4, -0.2) is 47.6 Å². The molecule has 0 radical (unpaired) electrons. The highest BCUT2D eigenvalue weighted by molar-refractivity contribution is 6.30. The van der Waals surface area contributed by atoms with Crippen LogP contribution in [0, 0.1) is 0 Å². The Kier molecular flexibility index (Phi) is 6.46. The molecular formula is C24H24ClN5O3. The molecule has 0 aliphatic carbocycles. The first-order valence-corrected chi connectivity index (χ1v) is 10.9. The van der Waals surface area contributed by atoms with Gasteiger partial charge in [0.05, 0.1) is 6.42 Å². The Balaban J connectivity index is 1.46. The van der Waals surface area contributed by atoms with Crippen molar-refractivity contribution in [1.82, 2.24) is 9.97 Å². The molecule has 8 nitrogen and oxygen atoms in total. The predicted octanol–water partition coefficient (Wildman–Crippen LogP) is 3.63. The molecule has 2 aromatic carbocycles. The summed E-state index contributed by atoms with van der Waals surface area (Å²) in [6, 6.07) is 13.1. The number of rotatable bonds is 7. The van der Waals surface area contributed by atoms with Crippen molar-refractivity contribution in [3.8, 4) is 0 Å². The maximum absolute atomic E-state index is 12.6. The zero-order valence-electron chi connectivity index (χ0n) is 18.4. The number of carboxylic acid groups (broad SMARTS) is 1. The smallest absolute Gasteiger partial charge is 0.308 e. The Bertz CT molecular complexity index is 1210. The topological polar surface area (TPSA) is 107 Å². The maximum atomic E-state index is 12.6. The first-order valence-electron chi connectivity index (χ1n) is 10.5. The Hall–Kier alpha value is -3.65. The minimum absolute atomic E-state index is 0.138. The van der Waals surface area contributed by atoms with Crippen molar-refractivity contribution in [2.45, 2.75) is 19.3 Å². The van der Waals surface area contributed by atoms with Gasteiger partial charge in [0, 0.05) is 49.6 Å². The lowest BCUT2D eigenvalue weighted by Gasteiger charge is -2.17. The van der Waals surface area contributed by atoms with Crippen LogP contribution < -0.4 is 15.5 Å². The van der Waals surface area contributed by atoms with Crippen LogP contribution in [0.4, 0.5) is 17.2 Å². The van der Waals surface area contributed by atoms with Gasteiger partial charge in [-0.05, 0) is 41.8 Å². The summed E-state index contributed by atoms with van der Waals surface area (Å²) >= 11 is 6.27. The fraction of sp³-hybridized carbons (Fsp3) is 0.250. The predicted molar refractivity (Wildman–Crippen MR) is 129 cm³/mol. The molecule has 33 heavy (non-hydrogen) atoms. The van der Waals surface area contributed by atoms with Crippen LogP contribution >= 0.6 is 11.6 Å². The molecule has 0 bridgehead atoms. The van der Waals surface area contributed by atoms with Crippen LogP contribution in [0.1, 0.15) is 32.9 Å². The number of aliphatic carboxylic acids is 1. The number of benzene rings is 2. The van der Waals surface area contributed by atoms with E-state index in [0.717, 1.165) is 24.2 Å². The molecule has 0 saturated carbocycles. The summed E-state index contributed by atoms with van der Waals surface area (Å²) in [6.45, 7) is 0.898. The third-order valence-electron chi connectivity index (χ3n) is 5.39. The normalized spacial score (nSPS) is 12.1. The molecule has 1 amide bonds. The number of halogens is 1. The van der Waals surface area contributed by atoms with Crippen molar-refractivity contribution in [1.29, 1.82) is 0 Å². The number of carbonyl (C=O) groups is 2. The second-order valence-corrected chi connectivity index (χ2v) is 8.43. The summed E-state index contributed by atoms with van der Waals surface area (Å²) in [7, 11) is 3.56. The van der Waals surface area contributed by atoms with E-state index in [-0.39, 0.29) is 17.5 Å². The van der Waals surface area contributed by atoms with E-state index in [4.69, 9.17) is 16.7 Å². The first-order chi connectivity index (χ1) is 15.8. The maximum Gasteiger partial charge on any atom is 0.308 e. The number of hydrogen-bond acceptors (Lipinski definition) is 6. The lowest BCUT2D eigenvalue weighted by atomic mass is 10.1. The molecule has 170 valence electrons. The second-order valence-electron chi connectivity index (χ2n) is 8.07. The van der Waals surface area contributed by atoms with Gasteiger partial charge in [-0.2, -0.15) is 0 Å². The minimum Gasteiger partial charge on any atom is -0.481 e. The van der Waals surface area contributed by atoms with Crippen LogP contribution in [0.2, 0.25) is 5.15 Å². The van der Waals surface area contributed by atoms with E-state index in [1.807, 2.05) is 42.5 Å². The number of anilines is 3. The SMILES string of the molecule is CN(C)c1nc(Cc2ccc(NC(=O)c3ccc4c(c3)NCC4)cc2)nc(Cl)c1CC(=O)O. The molecule has 1 aromatic heterocycles. The minimum atomic E-state index is -0.995. The van der Waals surface area contributed by atoms with E-state index >= 15 is 0 Å².